The van der Waals surface area contributed by atoms with Gasteiger partial charge in [0.1, 0.15) is 5.84 Å². The minimum Gasteiger partial charge on any atom is -0.333 e. The van der Waals surface area contributed by atoms with Gasteiger partial charge in [-0.3, -0.25) is 0 Å². The third kappa shape index (κ3) is 4.22. The van der Waals surface area contributed by atoms with Crippen LogP contribution in [0.2, 0.25) is 0 Å². The molecule has 4 nitrogen and oxygen atoms in total. The van der Waals surface area contributed by atoms with E-state index in [1.54, 1.807) is 0 Å². The maximum Gasteiger partial charge on any atom is 0.159 e. The first-order chi connectivity index (χ1) is 22.7. The fourth-order valence-corrected chi connectivity index (χ4v) is 6.96. The van der Waals surface area contributed by atoms with Crippen LogP contribution in [0.4, 0.5) is 0 Å². The first-order valence-electron chi connectivity index (χ1n) is 15.7. The summed E-state index contributed by atoms with van der Waals surface area (Å²) in [6.07, 6.45) is -0.271. The molecule has 218 valence electrons. The average molecular weight is 591 g/mol. The molecule has 7 aromatic carbocycles. The van der Waals surface area contributed by atoms with Crippen molar-refractivity contribution in [1.82, 2.24) is 9.47 Å². The van der Waals surface area contributed by atoms with Crippen molar-refractivity contribution in [2.24, 2.45) is 9.98 Å². The number of nitrogens with zero attached hydrogens (tertiary/aromatic N) is 4. The molecule has 0 spiro atoms. The molecule has 4 heteroatoms. The minimum absolute atomic E-state index is 0.271. The van der Waals surface area contributed by atoms with Crippen molar-refractivity contribution in [3.05, 3.63) is 174 Å². The lowest BCUT2D eigenvalue weighted by Gasteiger charge is -2.33. The molecule has 1 aromatic heterocycles. The van der Waals surface area contributed by atoms with Gasteiger partial charge in [-0.1, -0.05) is 127 Å². The highest BCUT2D eigenvalue weighted by atomic mass is 15.3. The van der Waals surface area contributed by atoms with Crippen molar-refractivity contribution in [2.45, 2.75) is 6.17 Å². The number of rotatable bonds is 4. The molecule has 46 heavy (non-hydrogen) atoms. The van der Waals surface area contributed by atoms with E-state index >= 15 is 0 Å². The molecular weight excluding hydrogens is 560 g/mol. The smallest absolute Gasteiger partial charge is 0.159 e. The number of aromatic nitrogens is 1. The van der Waals surface area contributed by atoms with Crippen LogP contribution in [-0.4, -0.2) is 28.2 Å². The zero-order valence-electron chi connectivity index (χ0n) is 25.4. The Hall–Kier alpha value is -6.00. The molecule has 8 aromatic rings. The number of hydrogen-bond donors (Lipinski definition) is 0. The molecule has 1 atom stereocenters. The Kier molecular flexibility index (Phi) is 6.07. The Morgan fingerprint density at radius 2 is 1.17 bits per heavy atom. The number of aliphatic imine (C=N–C) groups is 2. The Morgan fingerprint density at radius 1 is 0.522 bits per heavy atom. The van der Waals surface area contributed by atoms with Gasteiger partial charge in [0.2, 0.25) is 0 Å². The first-order valence-corrected chi connectivity index (χ1v) is 15.7. The molecule has 0 amide bonds. The summed E-state index contributed by atoms with van der Waals surface area (Å²) < 4.78 is 2.39. The van der Waals surface area contributed by atoms with Crippen molar-refractivity contribution in [3.63, 3.8) is 0 Å². The zero-order valence-corrected chi connectivity index (χ0v) is 25.4. The molecular formula is C42H30N4. The number of amidine groups is 2. The molecule has 0 N–H and O–H groups in total. The lowest BCUT2D eigenvalue weighted by Crippen LogP contribution is -2.35. The second-order valence-corrected chi connectivity index (χ2v) is 11.9. The van der Waals surface area contributed by atoms with E-state index in [-0.39, 0.29) is 6.17 Å². The van der Waals surface area contributed by atoms with Crippen molar-refractivity contribution >= 4 is 55.0 Å². The zero-order chi connectivity index (χ0) is 30.6. The first kappa shape index (κ1) is 26.4. The molecule has 0 fully saturated rings. The molecule has 1 aliphatic rings. The van der Waals surface area contributed by atoms with E-state index in [4.69, 9.17) is 9.98 Å². The van der Waals surface area contributed by atoms with Gasteiger partial charge in [0.05, 0.1) is 11.0 Å². The predicted molar refractivity (Wildman–Crippen MR) is 192 cm³/mol. The van der Waals surface area contributed by atoms with Crippen LogP contribution in [0.5, 0.6) is 0 Å². The van der Waals surface area contributed by atoms with E-state index in [1.165, 1.54) is 37.8 Å². The van der Waals surface area contributed by atoms with Gasteiger partial charge in [0.25, 0.3) is 0 Å². The van der Waals surface area contributed by atoms with Crippen molar-refractivity contribution in [3.8, 4) is 5.69 Å². The third-order valence-electron chi connectivity index (χ3n) is 9.19. The van der Waals surface area contributed by atoms with Gasteiger partial charge in [-0.05, 0) is 57.4 Å². The van der Waals surface area contributed by atoms with Gasteiger partial charge < -0.3 is 9.47 Å². The average Bonchev–Trinajstić information content (AvgIpc) is 3.43. The second kappa shape index (κ2) is 10.6. The quantitative estimate of drug-likeness (QED) is 0.201. The summed E-state index contributed by atoms with van der Waals surface area (Å²) in [4.78, 5) is 12.7. The maximum absolute atomic E-state index is 5.31. The van der Waals surface area contributed by atoms with E-state index in [0.717, 1.165) is 39.6 Å². The SMILES string of the molecule is CN1C(c2cccc3ccccc23)=NC(c2ccccc2)=NC1c1ccc2c3cc4ccccc4cc3n(-c3ccccc3)c2c1. The topological polar surface area (TPSA) is 32.9 Å². The number of para-hydroxylation sites is 1. The molecule has 1 aliphatic heterocycles. The van der Waals surface area contributed by atoms with E-state index in [2.05, 4.69) is 156 Å². The number of fused-ring (bicyclic) bond motifs is 5. The van der Waals surface area contributed by atoms with Crippen LogP contribution in [0.3, 0.4) is 0 Å². The van der Waals surface area contributed by atoms with Crippen LogP contribution < -0.4 is 0 Å². The van der Waals surface area contributed by atoms with E-state index in [0.29, 0.717) is 0 Å². The standard InChI is InChI=1S/C42H30N4/c1-45-41(43-40(29-14-4-2-5-15-29)44-42(45)36-22-12-18-28-13-10-11-21-34(28)36)32-23-24-35-37-25-30-16-8-9-17-31(30)26-39(37)46(38(35)27-32)33-19-6-3-7-20-33/h2-27,41H,1H3. The number of hydrogen-bond acceptors (Lipinski definition) is 3. The molecule has 9 rings (SSSR count). The largest absolute Gasteiger partial charge is 0.333 e. The Morgan fingerprint density at radius 3 is 1.98 bits per heavy atom. The summed E-state index contributed by atoms with van der Waals surface area (Å²) in [6, 6.07) is 56.0. The van der Waals surface area contributed by atoms with E-state index < -0.39 is 0 Å². The van der Waals surface area contributed by atoms with Crippen molar-refractivity contribution in [1.29, 1.82) is 0 Å². The fourth-order valence-electron chi connectivity index (χ4n) is 6.96. The van der Waals surface area contributed by atoms with Gasteiger partial charge in [0.15, 0.2) is 12.0 Å². The highest BCUT2D eigenvalue weighted by Crippen LogP contribution is 2.38. The van der Waals surface area contributed by atoms with Crippen LogP contribution in [0, 0.1) is 0 Å². The van der Waals surface area contributed by atoms with Crippen molar-refractivity contribution in [2.75, 3.05) is 7.05 Å². The van der Waals surface area contributed by atoms with Gasteiger partial charge in [-0.15, -0.1) is 0 Å². The summed E-state index contributed by atoms with van der Waals surface area (Å²) in [7, 11) is 2.11. The second-order valence-electron chi connectivity index (χ2n) is 11.9. The molecule has 1 unspecified atom stereocenters. The van der Waals surface area contributed by atoms with Crippen molar-refractivity contribution < 1.29 is 0 Å². The van der Waals surface area contributed by atoms with Gasteiger partial charge in [-0.25, -0.2) is 9.98 Å². The van der Waals surface area contributed by atoms with Gasteiger partial charge in [-0.2, -0.15) is 0 Å². The normalized spacial score (nSPS) is 15.1. The van der Waals surface area contributed by atoms with Crippen LogP contribution in [0.25, 0.3) is 49.0 Å². The highest BCUT2D eigenvalue weighted by Gasteiger charge is 2.28. The molecule has 0 radical (unpaired) electrons. The van der Waals surface area contributed by atoms with Gasteiger partial charge >= 0.3 is 0 Å². The molecule has 0 aliphatic carbocycles. The fraction of sp³-hybridized carbons (Fsp3) is 0.0476. The summed E-state index contributed by atoms with van der Waals surface area (Å²) in [5.74, 6) is 1.65. The lowest BCUT2D eigenvalue weighted by molar-refractivity contribution is 0.383. The summed E-state index contributed by atoms with van der Waals surface area (Å²) >= 11 is 0. The Labute approximate surface area is 267 Å². The summed E-state index contributed by atoms with van der Waals surface area (Å²) in [5, 5.41) is 7.31. The van der Waals surface area contributed by atoms with E-state index in [1.807, 2.05) is 18.2 Å². The maximum atomic E-state index is 5.31. The lowest BCUT2D eigenvalue weighted by atomic mass is 10.0. The van der Waals surface area contributed by atoms with E-state index in [9.17, 15) is 0 Å². The highest BCUT2D eigenvalue weighted by molar-refractivity contribution is 6.18. The van der Waals surface area contributed by atoms with Crippen LogP contribution >= 0.6 is 0 Å². The molecule has 0 saturated carbocycles. The van der Waals surface area contributed by atoms with Crippen LogP contribution in [-0.2, 0) is 0 Å². The van der Waals surface area contributed by atoms with Gasteiger partial charge in [0, 0.05) is 34.6 Å². The van der Waals surface area contributed by atoms with Crippen LogP contribution in [0.15, 0.2) is 168 Å². The molecule has 0 saturated heterocycles. The number of benzene rings is 7. The molecule has 0 bridgehead atoms. The minimum atomic E-state index is -0.271. The predicted octanol–water partition coefficient (Wildman–Crippen LogP) is 9.93. The third-order valence-corrected chi connectivity index (χ3v) is 9.19. The van der Waals surface area contributed by atoms with Crippen LogP contribution in [0.1, 0.15) is 22.9 Å². The summed E-state index contributed by atoms with van der Waals surface area (Å²) in [5.41, 5.74) is 6.71. The Balaban J connectivity index is 1.28. The summed E-state index contributed by atoms with van der Waals surface area (Å²) in [6.45, 7) is 0. The molecule has 2 heterocycles. The monoisotopic (exact) mass is 590 g/mol. The Bertz CT molecular complexity index is 2480.